The third-order valence-corrected chi connectivity index (χ3v) is 5.80. The molecule has 4 heteroatoms. The molecule has 162 valence electrons. The number of carboxylic acid groups (broad SMARTS) is 1. The Morgan fingerprint density at radius 2 is 1.18 bits per heavy atom. The van der Waals surface area contributed by atoms with E-state index < -0.39 is 5.97 Å². The number of carbonyl (C=O) groups is 1. The van der Waals surface area contributed by atoms with E-state index in [2.05, 4.69) is 77.4 Å². The van der Waals surface area contributed by atoms with Crippen molar-refractivity contribution < 1.29 is 9.90 Å². The average Bonchev–Trinajstić information content (AvgIpc) is 3.21. The zero-order chi connectivity index (χ0) is 23.5. The summed E-state index contributed by atoms with van der Waals surface area (Å²) in [6.07, 6.45) is 5.41. The zero-order valence-electron chi connectivity index (χ0n) is 18.2. The Morgan fingerprint density at radius 1 is 0.706 bits per heavy atom. The molecule has 4 nitrogen and oxygen atoms in total. The molecule has 1 aromatic heterocycles. The molecular weight excluding hydrogens is 420 g/mol. The Bertz CT molecular complexity index is 1560. The topological polar surface area (TPSA) is 66.0 Å². The van der Waals surface area contributed by atoms with E-state index >= 15 is 0 Å². The van der Waals surface area contributed by atoms with E-state index in [0.717, 1.165) is 16.8 Å². The van der Waals surface area contributed by atoms with Gasteiger partial charge in [0.2, 0.25) is 0 Å². The van der Waals surface area contributed by atoms with E-state index in [1.54, 1.807) is 18.2 Å². The quantitative estimate of drug-likeness (QED) is 0.183. The van der Waals surface area contributed by atoms with Gasteiger partial charge in [0.05, 0.1) is 11.0 Å². The highest BCUT2D eigenvalue weighted by molar-refractivity contribution is 6.09. The second-order valence-electron chi connectivity index (χ2n) is 7.94. The van der Waals surface area contributed by atoms with Gasteiger partial charge in [0.1, 0.15) is 11.6 Å². The third kappa shape index (κ3) is 3.99. The molecule has 0 saturated carbocycles. The molecule has 4 aromatic carbocycles. The van der Waals surface area contributed by atoms with E-state index in [1.807, 2.05) is 24.3 Å². The van der Waals surface area contributed by atoms with Gasteiger partial charge in [0, 0.05) is 16.5 Å². The number of aromatic nitrogens is 1. The van der Waals surface area contributed by atoms with Gasteiger partial charge in [-0.3, -0.25) is 0 Å². The first-order valence-electron chi connectivity index (χ1n) is 10.9. The first kappa shape index (κ1) is 21.0. The van der Waals surface area contributed by atoms with E-state index in [4.69, 9.17) is 10.4 Å². The zero-order valence-corrected chi connectivity index (χ0v) is 18.2. The van der Waals surface area contributed by atoms with Crippen LogP contribution in [0.1, 0.15) is 16.7 Å². The second-order valence-corrected chi connectivity index (χ2v) is 7.94. The highest BCUT2D eigenvalue weighted by Crippen LogP contribution is 2.31. The minimum absolute atomic E-state index is 0.286. The molecular formula is C30H20N2O2. The van der Waals surface area contributed by atoms with Crippen LogP contribution in [0, 0.1) is 11.3 Å². The molecule has 0 aliphatic heterocycles. The van der Waals surface area contributed by atoms with Gasteiger partial charge in [-0.25, -0.2) is 4.79 Å². The summed E-state index contributed by atoms with van der Waals surface area (Å²) >= 11 is 0. The first-order valence-corrected chi connectivity index (χ1v) is 10.9. The number of aliphatic carboxylic acids is 1. The van der Waals surface area contributed by atoms with E-state index in [9.17, 15) is 4.79 Å². The minimum Gasteiger partial charge on any atom is -0.477 e. The summed E-state index contributed by atoms with van der Waals surface area (Å²) in [7, 11) is 0. The fourth-order valence-electron chi connectivity index (χ4n) is 4.14. The molecule has 0 radical (unpaired) electrons. The Morgan fingerprint density at radius 3 is 1.68 bits per heavy atom. The molecule has 0 aliphatic rings. The number of para-hydroxylation sites is 2. The Labute approximate surface area is 196 Å². The van der Waals surface area contributed by atoms with Crippen molar-refractivity contribution in [2.45, 2.75) is 0 Å². The summed E-state index contributed by atoms with van der Waals surface area (Å²) in [5, 5.41) is 20.4. The van der Waals surface area contributed by atoms with Gasteiger partial charge in [-0.05, 0) is 47.0 Å². The molecule has 5 rings (SSSR count). The van der Waals surface area contributed by atoms with Crippen LogP contribution in [0.25, 0.3) is 45.7 Å². The maximum Gasteiger partial charge on any atom is 0.346 e. The highest BCUT2D eigenvalue weighted by Gasteiger charge is 2.10. The van der Waals surface area contributed by atoms with Crippen molar-refractivity contribution in [1.82, 2.24) is 4.57 Å². The van der Waals surface area contributed by atoms with Gasteiger partial charge in [0.25, 0.3) is 0 Å². The Kier molecular flexibility index (Phi) is 5.51. The van der Waals surface area contributed by atoms with Gasteiger partial charge in [0.15, 0.2) is 0 Å². The first-order chi connectivity index (χ1) is 16.6. The number of nitriles is 1. The largest absolute Gasteiger partial charge is 0.477 e. The highest BCUT2D eigenvalue weighted by atomic mass is 16.4. The van der Waals surface area contributed by atoms with Gasteiger partial charge in [-0.1, -0.05) is 84.9 Å². The van der Waals surface area contributed by atoms with Crippen LogP contribution < -0.4 is 0 Å². The standard InChI is InChI=1S/C30H20N2O2/c31-20-24(30(33)34)19-23-13-11-21(12-14-23)9-10-22-15-17-25(18-16-22)32-28-7-3-1-5-26(28)27-6-2-4-8-29(27)32/h1-19H,(H,33,34)/b10-9+,24-19+. The number of carboxylic acids is 1. The number of hydrogen-bond donors (Lipinski definition) is 1. The predicted molar refractivity (Wildman–Crippen MR) is 137 cm³/mol. The van der Waals surface area contributed by atoms with E-state index in [-0.39, 0.29) is 5.57 Å². The molecule has 0 spiro atoms. The fourth-order valence-corrected chi connectivity index (χ4v) is 4.14. The lowest BCUT2D eigenvalue weighted by Crippen LogP contribution is -1.97. The number of benzene rings is 4. The molecule has 0 amide bonds. The van der Waals surface area contributed by atoms with Crippen LogP contribution in [0.5, 0.6) is 0 Å². The molecule has 0 fully saturated rings. The van der Waals surface area contributed by atoms with Gasteiger partial charge < -0.3 is 9.67 Å². The van der Waals surface area contributed by atoms with Crippen molar-refractivity contribution in [2.24, 2.45) is 0 Å². The number of hydrogen-bond acceptors (Lipinski definition) is 2. The van der Waals surface area contributed by atoms with Crippen molar-refractivity contribution >= 4 is 46.0 Å². The summed E-state index contributed by atoms with van der Waals surface area (Å²) in [5.41, 5.74) is 5.92. The average molecular weight is 441 g/mol. The number of nitrogens with zero attached hydrogens (tertiary/aromatic N) is 2. The van der Waals surface area contributed by atoms with Crippen LogP contribution >= 0.6 is 0 Å². The lowest BCUT2D eigenvalue weighted by Gasteiger charge is -2.08. The minimum atomic E-state index is -1.23. The van der Waals surface area contributed by atoms with Gasteiger partial charge in [-0.2, -0.15) is 5.26 Å². The summed E-state index contributed by atoms with van der Waals surface area (Å²) in [5.74, 6) is -1.23. The lowest BCUT2D eigenvalue weighted by molar-refractivity contribution is -0.132. The molecule has 0 aliphatic carbocycles. The summed E-state index contributed by atoms with van der Waals surface area (Å²) in [6, 6.07) is 34.4. The number of rotatable bonds is 5. The molecule has 1 heterocycles. The van der Waals surface area contributed by atoms with Crippen molar-refractivity contribution in [2.75, 3.05) is 0 Å². The van der Waals surface area contributed by atoms with Crippen LogP contribution in [0.4, 0.5) is 0 Å². The molecule has 0 bridgehead atoms. The maximum atomic E-state index is 11.0. The second kappa shape index (κ2) is 8.93. The van der Waals surface area contributed by atoms with Crippen molar-refractivity contribution in [3.05, 3.63) is 119 Å². The van der Waals surface area contributed by atoms with Crippen LogP contribution in [-0.2, 0) is 4.79 Å². The monoisotopic (exact) mass is 440 g/mol. The third-order valence-electron chi connectivity index (χ3n) is 5.80. The molecule has 34 heavy (non-hydrogen) atoms. The predicted octanol–water partition coefficient (Wildman–Crippen LogP) is 6.95. The van der Waals surface area contributed by atoms with Crippen LogP contribution in [0.3, 0.4) is 0 Å². The van der Waals surface area contributed by atoms with Gasteiger partial charge >= 0.3 is 5.97 Å². The molecule has 1 N–H and O–H groups in total. The van der Waals surface area contributed by atoms with Crippen LogP contribution in [0.2, 0.25) is 0 Å². The molecule has 0 unspecified atom stereocenters. The SMILES string of the molecule is N#C/C(=C\c1ccc(/C=C/c2ccc(-n3c4ccccc4c4ccccc43)cc2)cc1)C(=O)O. The Balaban J connectivity index is 1.41. The fraction of sp³-hybridized carbons (Fsp3) is 0. The van der Waals surface area contributed by atoms with Crippen LogP contribution in [-0.4, -0.2) is 15.6 Å². The smallest absolute Gasteiger partial charge is 0.346 e. The van der Waals surface area contributed by atoms with E-state index in [0.29, 0.717) is 5.56 Å². The maximum absolute atomic E-state index is 11.0. The molecule has 0 saturated heterocycles. The normalized spacial score (nSPS) is 11.8. The van der Waals surface area contributed by atoms with Crippen molar-refractivity contribution in [1.29, 1.82) is 5.26 Å². The lowest BCUT2D eigenvalue weighted by atomic mass is 10.1. The van der Waals surface area contributed by atoms with Crippen molar-refractivity contribution in [3.8, 4) is 11.8 Å². The Hall–Kier alpha value is -4.88. The molecule has 5 aromatic rings. The van der Waals surface area contributed by atoms with E-state index in [1.165, 1.54) is 27.9 Å². The van der Waals surface area contributed by atoms with Gasteiger partial charge in [-0.15, -0.1) is 0 Å². The summed E-state index contributed by atoms with van der Waals surface area (Å²) in [4.78, 5) is 11.0. The van der Waals surface area contributed by atoms with Crippen molar-refractivity contribution in [3.63, 3.8) is 0 Å². The summed E-state index contributed by atoms with van der Waals surface area (Å²) in [6.45, 7) is 0. The summed E-state index contributed by atoms with van der Waals surface area (Å²) < 4.78 is 2.29. The molecule has 0 atom stereocenters. The number of fused-ring (bicyclic) bond motifs is 3. The van der Waals surface area contributed by atoms with Crippen LogP contribution in [0.15, 0.2) is 103 Å².